The Morgan fingerprint density at radius 2 is 2.04 bits per heavy atom. The zero-order valence-corrected chi connectivity index (χ0v) is 15.0. The summed E-state index contributed by atoms with van der Waals surface area (Å²) < 4.78 is 0. The summed E-state index contributed by atoms with van der Waals surface area (Å²) in [6.07, 6.45) is 2.13. The first-order valence-corrected chi connectivity index (χ1v) is 8.92. The molecule has 6 heteroatoms. The second kappa shape index (κ2) is 7.89. The van der Waals surface area contributed by atoms with E-state index in [9.17, 15) is 9.59 Å². The number of fused-ring (bicyclic) bond motifs is 1. The number of carbonyl (C=O) groups excluding carboxylic acids is 2. The van der Waals surface area contributed by atoms with E-state index >= 15 is 0 Å². The molecule has 1 aliphatic rings. The molecule has 0 aromatic heterocycles. The number of carbonyl (C=O) groups is 2. The van der Waals surface area contributed by atoms with Crippen LogP contribution in [-0.2, 0) is 4.79 Å². The Hall–Kier alpha value is -3.04. The molecule has 0 saturated carbocycles. The Balaban J connectivity index is 1.81. The smallest absolute Gasteiger partial charge is 0.262 e. The third kappa shape index (κ3) is 3.95. The van der Waals surface area contributed by atoms with Gasteiger partial charge in [0.2, 0.25) is 0 Å². The van der Waals surface area contributed by atoms with Gasteiger partial charge in [-0.15, -0.1) is 0 Å². The topological polar surface area (TPSA) is 73.2 Å². The number of amides is 2. The molecule has 0 radical (unpaired) electrons. The van der Waals surface area contributed by atoms with Crippen molar-refractivity contribution < 1.29 is 9.59 Å². The van der Waals surface area contributed by atoms with Crippen LogP contribution in [0.5, 0.6) is 0 Å². The van der Waals surface area contributed by atoms with E-state index in [-0.39, 0.29) is 18.2 Å². The molecule has 2 amide bonds. The third-order valence-electron chi connectivity index (χ3n) is 3.92. The van der Waals surface area contributed by atoms with Crippen LogP contribution in [0, 0.1) is 11.3 Å². The largest absolute Gasteiger partial charge is 0.341 e. The number of thioether (sulfide) groups is 1. The fraction of sp³-hybridized carbons (Fsp3) is 0.150. The number of anilines is 1. The predicted octanol–water partition coefficient (Wildman–Crippen LogP) is 3.76. The number of nitriles is 1. The minimum atomic E-state index is -0.186. The minimum absolute atomic E-state index is 0.173. The van der Waals surface area contributed by atoms with E-state index in [1.807, 2.05) is 48.5 Å². The van der Waals surface area contributed by atoms with Crippen LogP contribution in [0.15, 0.2) is 58.3 Å². The first-order chi connectivity index (χ1) is 12.6. The van der Waals surface area contributed by atoms with Gasteiger partial charge in [-0.05, 0) is 29.8 Å². The van der Waals surface area contributed by atoms with Crippen molar-refractivity contribution in [2.24, 2.45) is 0 Å². The second-order valence-corrected chi connectivity index (χ2v) is 6.90. The molecular formula is C20H17N3O2S. The zero-order valence-electron chi connectivity index (χ0n) is 14.2. The van der Waals surface area contributed by atoms with Gasteiger partial charge in [-0.1, -0.05) is 42.1 Å². The van der Waals surface area contributed by atoms with Gasteiger partial charge in [-0.3, -0.25) is 9.59 Å². The highest BCUT2D eigenvalue weighted by molar-refractivity contribution is 8.04. The summed E-state index contributed by atoms with van der Waals surface area (Å²) in [6.45, 7) is 0.373. The lowest BCUT2D eigenvalue weighted by molar-refractivity contribution is -0.112. The average molecular weight is 363 g/mol. The number of hydrogen-bond acceptors (Lipinski definition) is 4. The average Bonchev–Trinajstić information content (AvgIpc) is 2.66. The van der Waals surface area contributed by atoms with Crippen molar-refractivity contribution in [3.8, 4) is 6.07 Å². The summed E-state index contributed by atoms with van der Waals surface area (Å²) in [6, 6.07) is 16.9. The normalized spacial score (nSPS) is 14.3. The predicted molar refractivity (Wildman–Crippen MR) is 103 cm³/mol. The van der Waals surface area contributed by atoms with Gasteiger partial charge < -0.3 is 10.2 Å². The number of hydrogen-bond donors (Lipinski definition) is 1. The van der Waals surface area contributed by atoms with Gasteiger partial charge in [0.25, 0.3) is 11.8 Å². The molecule has 5 nitrogen and oxygen atoms in total. The van der Waals surface area contributed by atoms with Crippen LogP contribution in [0.2, 0.25) is 0 Å². The van der Waals surface area contributed by atoms with Crippen molar-refractivity contribution >= 4 is 35.3 Å². The molecule has 0 atom stereocenters. The fourth-order valence-electron chi connectivity index (χ4n) is 2.53. The molecule has 26 heavy (non-hydrogen) atoms. The van der Waals surface area contributed by atoms with Crippen LogP contribution >= 0.6 is 11.8 Å². The van der Waals surface area contributed by atoms with Gasteiger partial charge in [0.05, 0.1) is 23.1 Å². The SMILES string of the molecule is CN(CCC#N)C(=O)c1ccc2c(c1)NC(=O)C(=Cc1ccccc1)S2. The maximum Gasteiger partial charge on any atom is 0.262 e. The Kier molecular flexibility index (Phi) is 5.40. The Morgan fingerprint density at radius 1 is 1.27 bits per heavy atom. The highest BCUT2D eigenvalue weighted by Gasteiger charge is 2.23. The monoisotopic (exact) mass is 363 g/mol. The van der Waals surface area contributed by atoms with E-state index in [0.717, 1.165) is 10.5 Å². The Morgan fingerprint density at radius 3 is 2.77 bits per heavy atom. The lowest BCUT2D eigenvalue weighted by Gasteiger charge is -2.21. The van der Waals surface area contributed by atoms with Gasteiger partial charge in [0, 0.05) is 24.1 Å². The first kappa shape index (κ1) is 17.8. The number of rotatable bonds is 4. The molecule has 2 aromatic carbocycles. The molecule has 2 aromatic rings. The lowest BCUT2D eigenvalue weighted by Crippen LogP contribution is -2.28. The van der Waals surface area contributed by atoms with Gasteiger partial charge in [-0.25, -0.2) is 0 Å². The van der Waals surface area contributed by atoms with Crippen molar-refractivity contribution in [1.29, 1.82) is 5.26 Å². The highest BCUT2D eigenvalue weighted by Crippen LogP contribution is 2.39. The maximum atomic E-state index is 12.4. The van der Waals surface area contributed by atoms with Crippen molar-refractivity contribution in [2.45, 2.75) is 11.3 Å². The molecule has 1 N–H and O–H groups in total. The molecule has 1 heterocycles. The molecule has 0 fully saturated rings. The quantitative estimate of drug-likeness (QED) is 0.840. The van der Waals surface area contributed by atoms with Gasteiger partial charge in [0.1, 0.15) is 0 Å². The lowest BCUT2D eigenvalue weighted by atomic mass is 10.1. The van der Waals surface area contributed by atoms with E-state index < -0.39 is 0 Å². The molecule has 3 rings (SSSR count). The number of nitrogens with one attached hydrogen (secondary N) is 1. The zero-order chi connectivity index (χ0) is 18.5. The summed E-state index contributed by atoms with van der Waals surface area (Å²) in [5.41, 5.74) is 2.07. The Labute approximate surface area is 156 Å². The van der Waals surface area contributed by atoms with Gasteiger partial charge >= 0.3 is 0 Å². The summed E-state index contributed by atoms with van der Waals surface area (Å²) in [7, 11) is 1.66. The molecule has 0 bridgehead atoms. The molecule has 0 aliphatic carbocycles. The minimum Gasteiger partial charge on any atom is -0.341 e. The van der Waals surface area contributed by atoms with E-state index in [1.165, 1.54) is 16.7 Å². The number of benzene rings is 2. The van der Waals surface area contributed by atoms with E-state index in [0.29, 0.717) is 22.7 Å². The molecule has 0 spiro atoms. The van der Waals surface area contributed by atoms with Crippen molar-refractivity contribution in [2.75, 3.05) is 18.9 Å². The third-order valence-corrected chi connectivity index (χ3v) is 5.02. The van der Waals surface area contributed by atoms with Gasteiger partial charge in [0.15, 0.2) is 0 Å². The molecule has 0 unspecified atom stereocenters. The van der Waals surface area contributed by atoms with Gasteiger partial charge in [-0.2, -0.15) is 5.26 Å². The molecule has 130 valence electrons. The Bertz CT molecular complexity index is 916. The van der Waals surface area contributed by atoms with Crippen molar-refractivity contribution in [1.82, 2.24) is 4.90 Å². The fourth-order valence-corrected chi connectivity index (χ4v) is 3.47. The van der Waals surface area contributed by atoms with Crippen LogP contribution in [0.25, 0.3) is 6.08 Å². The molecular weight excluding hydrogens is 346 g/mol. The molecule has 0 saturated heterocycles. The van der Waals surface area contributed by atoms with E-state index in [1.54, 1.807) is 19.2 Å². The van der Waals surface area contributed by atoms with Crippen LogP contribution in [0.1, 0.15) is 22.3 Å². The second-order valence-electron chi connectivity index (χ2n) is 5.82. The first-order valence-electron chi connectivity index (χ1n) is 8.11. The van der Waals surface area contributed by atoms with Crippen LogP contribution < -0.4 is 5.32 Å². The summed E-state index contributed by atoms with van der Waals surface area (Å²) in [5, 5.41) is 11.5. The highest BCUT2D eigenvalue weighted by atomic mass is 32.2. The van der Waals surface area contributed by atoms with E-state index in [4.69, 9.17) is 5.26 Å². The van der Waals surface area contributed by atoms with Crippen molar-refractivity contribution in [3.63, 3.8) is 0 Å². The van der Waals surface area contributed by atoms with E-state index in [2.05, 4.69) is 5.32 Å². The maximum absolute atomic E-state index is 12.4. The van der Waals surface area contributed by atoms with Crippen LogP contribution in [0.4, 0.5) is 5.69 Å². The molecule has 1 aliphatic heterocycles. The van der Waals surface area contributed by atoms with Crippen LogP contribution in [0.3, 0.4) is 0 Å². The summed E-state index contributed by atoms with van der Waals surface area (Å²) in [5.74, 6) is -0.360. The summed E-state index contributed by atoms with van der Waals surface area (Å²) >= 11 is 1.38. The number of nitrogens with zero attached hydrogens (tertiary/aromatic N) is 2. The standard InChI is InChI=1S/C20H17N3O2S/c1-23(11-5-10-21)20(25)15-8-9-17-16(13-15)22-19(24)18(26-17)12-14-6-3-2-4-7-14/h2-4,6-9,12-13H,5,11H2,1H3,(H,22,24). The summed E-state index contributed by atoms with van der Waals surface area (Å²) in [4.78, 5) is 27.8. The van der Waals surface area contributed by atoms with Crippen LogP contribution in [-0.4, -0.2) is 30.3 Å². The van der Waals surface area contributed by atoms with Crippen molar-refractivity contribution in [3.05, 3.63) is 64.6 Å².